The van der Waals surface area contributed by atoms with Gasteiger partial charge in [-0.25, -0.2) is 0 Å². The predicted molar refractivity (Wildman–Crippen MR) is 89.3 cm³/mol. The molecule has 1 saturated heterocycles. The molecule has 0 bridgehead atoms. The molecule has 4 heteroatoms. The monoisotopic (exact) mass is 294 g/mol. The standard InChI is InChI=1S/C15H22N2S2/c1-3-5-11-8-9-17(10-11)12-6-4-7-13(19-2)14(12)15(16)18/h4,6-7,11H,3,5,8-10H2,1-2H3,(H2,16,18). The van der Waals surface area contributed by atoms with Crippen molar-refractivity contribution in [2.75, 3.05) is 24.2 Å². The molecule has 2 rings (SSSR count). The van der Waals surface area contributed by atoms with Gasteiger partial charge in [0.2, 0.25) is 0 Å². The summed E-state index contributed by atoms with van der Waals surface area (Å²) in [6, 6.07) is 6.36. The van der Waals surface area contributed by atoms with Crippen molar-refractivity contribution >= 4 is 34.7 Å². The molecule has 1 aromatic rings. The van der Waals surface area contributed by atoms with E-state index in [-0.39, 0.29) is 0 Å². The zero-order valence-electron chi connectivity index (χ0n) is 11.7. The SMILES string of the molecule is CCCC1CCN(c2cccc(SC)c2C(N)=S)C1. The van der Waals surface area contributed by atoms with Crippen molar-refractivity contribution in [1.82, 2.24) is 0 Å². The van der Waals surface area contributed by atoms with E-state index in [4.69, 9.17) is 18.0 Å². The Bertz CT molecular complexity index is 459. The van der Waals surface area contributed by atoms with Crippen molar-refractivity contribution in [2.45, 2.75) is 31.1 Å². The minimum Gasteiger partial charge on any atom is -0.389 e. The van der Waals surface area contributed by atoms with Gasteiger partial charge in [-0.15, -0.1) is 11.8 Å². The molecular formula is C15H22N2S2. The Morgan fingerprint density at radius 1 is 1.53 bits per heavy atom. The molecule has 1 atom stereocenters. The molecule has 1 aliphatic heterocycles. The van der Waals surface area contributed by atoms with Gasteiger partial charge in [0.15, 0.2) is 0 Å². The second-order valence-electron chi connectivity index (χ2n) is 5.11. The lowest BCUT2D eigenvalue weighted by Gasteiger charge is -2.23. The van der Waals surface area contributed by atoms with Gasteiger partial charge < -0.3 is 10.6 Å². The molecule has 0 amide bonds. The Morgan fingerprint density at radius 2 is 2.32 bits per heavy atom. The molecule has 0 radical (unpaired) electrons. The Kier molecular flexibility index (Phi) is 5.11. The Morgan fingerprint density at radius 3 is 2.95 bits per heavy atom. The second-order valence-corrected chi connectivity index (χ2v) is 6.40. The Hall–Kier alpha value is -0.740. The van der Waals surface area contributed by atoms with E-state index in [1.54, 1.807) is 11.8 Å². The van der Waals surface area contributed by atoms with Crippen LogP contribution in [0.5, 0.6) is 0 Å². The van der Waals surface area contributed by atoms with Gasteiger partial charge in [0.05, 0.1) is 0 Å². The molecule has 1 fully saturated rings. The van der Waals surface area contributed by atoms with Crippen LogP contribution in [0.1, 0.15) is 31.7 Å². The van der Waals surface area contributed by atoms with E-state index in [0.717, 1.165) is 24.6 Å². The first-order valence-electron chi connectivity index (χ1n) is 6.89. The van der Waals surface area contributed by atoms with Crippen molar-refractivity contribution in [3.05, 3.63) is 23.8 Å². The predicted octanol–water partition coefficient (Wildman–Crippen LogP) is 3.67. The molecule has 1 aromatic carbocycles. The van der Waals surface area contributed by atoms with Gasteiger partial charge in [-0.2, -0.15) is 0 Å². The Labute approximate surface area is 125 Å². The van der Waals surface area contributed by atoms with Crippen LogP contribution in [-0.2, 0) is 0 Å². The molecule has 0 aromatic heterocycles. The lowest BCUT2D eigenvalue weighted by Crippen LogP contribution is -2.24. The van der Waals surface area contributed by atoms with E-state index in [1.165, 1.54) is 29.8 Å². The fraction of sp³-hybridized carbons (Fsp3) is 0.533. The normalized spacial score (nSPS) is 18.8. The lowest BCUT2D eigenvalue weighted by molar-refractivity contribution is 0.530. The topological polar surface area (TPSA) is 29.3 Å². The average Bonchev–Trinajstić information content (AvgIpc) is 2.86. The van der Waals surface area contributed by atoms with Gasteiger partial charge in [-0.1, -0.05) is 31.6 Å². The highest BCUT2D eigenvalue weighted by molar-refractivity contribution is 7.98. The van der Waals surface area contributed by atoms with Crippen molar-refractivity contribution in [1.29, 1.82) is 0 Å². The van der Waals surface area contributed by atoms with E-state index in [1.807, 2.05) is 0 Å². The van der Waals surface area contributed by atoms with Crippen LogP contribution in [0.25, 0.3) is 0 Å². The molecule has 1 aliphatic rings. The molecule has 0 saturated carbocycles. The van der Waals surface area contributed by atoms with Gasteiger partial charge in [0.25, 0.3) is 0 Å². The highest BCUT2D eigenvalue weighted by Crippen LogP contribution is 2.33. The van der Waals surface area contributed by atoms with E-state index in [0.29, 0.717) is 4.99 Å². The first-order chi connectivity index (χ1) is 9.17. The molecule has 1 unspecified atom stereocenters. The first-order valence-corrected chi connectivity index (χ1v) is 8.52. The number of nitrogens with zero attached hydrogens (tertiary/aromatic N) is 1. The quantitative estimate of drug-likeness (QED) is 0.663. The zero-order chi connectivity index (χ0) is 13.8. The van der Waals surface area contributed by atoms with Gasteiger partial charge in [-0.3, -0.25) is 0 Å². The third-order valence-corrected chi connectivity index (χ3v) is 4.78. The van der Waals surface area contributed by atoms with Gasteiger partial charge >= 0.3 is 0 Å². The molecule has 2 nitrogen and oxygen atoms in total. The molecule has 104 valence electrons. The number of thioether (sulfide) groups is 1. The van der Waals surface area contributed by atoms with Crippen molar-refractivity contribution in [3.63, 3.8) is 0 Å². The summed E-state index contributed by atoms with van der Waals surface area (Å²) in [4.78, 5) is 4.15. The largest absolute Gasteiger partial charge is 0.389 e. The summed E-state index contributed by atoms with van der Waals surface area (Å²) in [5.41, 5.74) is 8.22. The maximum atomic E-state index is 5.94. The summed E-state index contributed by atoms with van der Waals surface area (Å²) < 4.78 is 0. The van der Waals surface area contributed by atoms with Crippen molar-refractivity contribution in [2.24, 2.45) is 11.7 Å². The fourth-order valence-corrected chi connectivity index (χ4v) is 3.81. The molecule has 2 N–H and O–H groups in total. The summed E-state index contributed by atoms with van der Waals surface area (Å²) in [7, 11) is 0. The van der Waals surface area contributed by atoms with E-state index < -0.39 is 0 Å². The van der Waals surface area contributed by atoms with E-state index in [9.17, 15) is 0 Å². The minimum absolute atomic E-state index is 0.513. The Balaban J connectivity index is 2.28. The molecule has 19 heavy (non-hydrogen) atoms. The second kappa shape index (κ2) is 6.62. The van der Waals surface area contributed by atoms with Crippen LogP contribution < -0.4 is 10.6 Å². The molecule has 0 spiro atoms. The maximum absolute atomic E-state index is 5.94. The lowest BCUT2D eigenvalue weighted by atomic mass is 10.0. The third-order valence-electron chi connectivity index (χ3n) is 3.79. The smallest absolute Gasteiger partial charge is 0.107 e. The number of hydrogen-bond donors (Lipinski definition) is 1. The number of hydrogen-bond acceptors (Lipinski definition) is 3. The summed E-state index contributed by atoms with van der Waals surface area (Å²) in [5.74, 6) is 0.821. The van der Waals surface area contributed by atoms with Gasteiger partial charge in [0, 0.05) is 29.2 Å². The van der Waals surface area contributed by atoms with Crippen molar-refractivity contribution in [3.8, 4) is 0 Å². The number of anilines is 1. The van der Waals surface area contributed by atoms with Crippen LogP contribution in [0.4, 0.5) is 5.69 Å². The molecular weight excluding hydrogens is 272 g/mol. The van der Waals surface area contributed by atoms with Crippen LogP contribution >= 0.6 is 24.0 Å². The number of nitrogens with two attached hydrogens (primary N) is 1. The molecule has 0 aliphatic carbocycles. The average molecular weight is 294 g/mol. The first kappa shape index (κ1) is 14.7. The van der Waals surface area contributed by atoms with Crippen molar-refractivity contribution < 1.29 is 0 Å². The highest BCUT2D eigenvalue weighted by Gasteiger charge is 2.24. The zero-order valence-corrected chi connectivity index (χ0v) is 13.3. The summed E-state index contributed by atoms with van der Waals surface area (Å²) in [5, 5.41) is 0. The van der Waals surface area contributed by atoms with Gasteiger partial charge in [0.1, 0.15) is 4.99 Å². The van der Waals surface area contributed by atoms with Crippen LogP contribution in [0.15, 0.2) is 23.1 Å². The van der Waals surface area contributed by atoms with Crippen LogP contribution in [0.3, 0.4) is 0 Å². The van der Waals surface area contributed by atoms with Crippen LogP contribution in [0.2, 0.25) is 0 Å². The maximum Gasteiger partial charge on any atom is 0.107 e. The van der Waals surface area contributed by atoms with E-state index in [2.05, 4.69) is 36.3 Å². The third kappa shape index (κ3) is 3.23. The van der Waals surface area contributed by atoms with Crippen LogP contribution in [-0.4, -0.2) is 24.3 Å². The fourth-order valence-electron chi connectivity index (χ4n) is 2.90. The highest BCUT2D eigenvalue weighted by atomic mass is 32.2. The van der Waals surface area contributed by atoms with Crippen LogP contribution in [0, 0.1) is 5.92 Å². The minimum atomic E-state index is 0.513. The number of thiocarbonyl (C=S) groups is 1. The summed E-state index contributed by atoms with van der Waals surface area (Å²) in [6.07, 6.45) is 5.95. The van der Waals surface area contributed by atoms with Gasteiger partial charge in [-0.05, 0) is 37.1 Å². The summed E-state index contributed by atoms with van der Waals surface area (Å²) in [6.45, 7) is 4.52. The summed E-state index contributed by atoms with van der Waals surface area (Å²) >= 11 is 6.97. The number of rotatable bonds is 5. The number of benzene rings is 1. The molecule has 1 heterocycles. The van der Waals surface area contributed by atoms with E-state index >= 15 is 0 Å².